The lowest BCUT2D eigenvalue weighted by molar-refractivity contribution is 0.0506. The summed E-state index contributed by atoms with van der Waals surface area (Å²) in [6.07, 6.45) is 2.65. The van der Waals surface area contributed by atoms with Gasteiger partial charge in [-0.2, -0.15) is 5.10 Å². The van der Waals surface area contributed by atoms with Crippen LogP contribution in [-0.4, -0.2) is 40.3 Å². The number of hydrogen-bond acceptors (Lipinski definition) is 5. The SMILES string of the molecule is CCCOC(=O)c1c(C)nn2c(C3CCNCC3)cc(=O)[nH]c12. The maximum atomic E-state index is 12.3. The largest absolute Gasteiger partial charge is 0.462 e. The van der Waals surface area contributed by atoms with E-state index in [1.54, 1.807) is 17.5 Å². The van der Waals surface area contributed by atoms with Crippen LogP contribution < -0.4 is 10.9 Å². The summed E-state index contributed by atoms with van der Waals surface area (Å²) < 4.78 is 6.93. The van der Waals surface area contributed by atoms with Crippen LogP contribution in [0.25, 0.3) is 5.65 Å². The highest BCUT2D eigenvalue weighted by molar-refractivity contribution is 5.97. The number of rotatable bonds is 4. The Labute approximate surface area is 134 Å². The second kappa shape index (κ2) is 6.54. The van der Waals surface area contributed by atoms with Gasteiger partial charge in [0.05, 0.1) is 18.0 Å². The molecule has 1 aliphatic heterocycles. The summed E-state index contributed by atoms with van der Waals surface area (Å²) >= 11 is 0. The highest BCUT2D eigenvalue weighted by Gasteiger charge is 2.24. The molecule has 124 valence electrons. The molecule has 0 unspecified atom stereocenters. The molecule has 1 saturated heterocycles. The summed E-state index contributed by atoms with van der Waals surface area (Å²) in [6, 6.07) is 1.59. The fourth-order valence-electron chi connectivity index (χ4n) is 3.10. The maximum Gasteiger partial charge on any atom is 0.343 e. The van der Waals surface area contributed by atoms with E-state index in [2.05, 4.69) is 15.4 Å². The van der Waals surface area contributed by atoms with Crippen molar-refractivity contribution in [2.24, 2.45) is 0 Å². The van der Waals surface area contributed by atoms with Crippen molar-refractivity contribution in [3.8, 4) is 0 Å². The number of aromatic nitrogens is 3. The Balaban J connectivity index is 2.10. The van der Waals surface area contributed by atoms with Gasteiger partial charge in [0.25, 0.3) is 5.56 Å². The Bertz CT molecular complexity index is 771. The van der Waals surface area contributed by atoms with Crippen LogP contribution in [0.1, 0.15) is 53.8 Å². The maximum absolute atomic E-state index is 12.3. The molecule has 0 atom stereocenters. The number of carbonyl (C=O) groups excluding carboxylic acids is 1. The molecule has 7 heteroatoms. The average molecular weight is 318 g/mol. The number of hydrogen-bond donors (Lipinski definition) is 2. The quantitative estimate of drug-likeness (QED) is 0.831. The number of H-pyrrole nitrogens is 1. The lowest BCUT2D eigenvalue weighted by Gasteiger charge is -2.23. The average Bonchev–Trinajstić information content (AvgIpc) is 2.88. The van der Waals surface area contributed by atoms with Crippen molar-refractivity contribution in [1.82, 2.24) is 19.9 Å². The normalized spacial score (nSPS) is 15.9. The van der Waals surface area contributed by atoms with Gasteiger partial charge in [-0.1, -0.05) is 6.92 Å². The molecule has 1 fully saturated rings. The van der Waals surface area contributed by atoms with Crippen LogP contribution in [0.15, 0.2) is 10.9 Å². The van der Waals surface area contributed by atoms with Crippen LogP contribution in [0.3, 0.4) is 0 Å². The molecule has 0 bridgehead atoms. The second-order valence-electron chi connectivity index (χ2n) is 5.94. The van der Waals surface area contributed by atoms with Gasteiger partial charge in [0.2, 0.25) is 0 Å². The Kier molecular flexibility index (Phi) is 4.47. The molecule has 23 heavy (non-hydrogen) atoms. The predicted molar refractivity (Wildman–Crippen MR) is 86.0 cm³/mol. The zero-order chi connectivity index (χ0) is 16.4. The summed E-state index contributed by atoms with van der Waals surface area (Å²) in [5.41, 5.74) is 2.01. The van der Waals surface area contributed by atoms with Crippen molar-refractivity contribution in [3.05, 3.63) is 33.4 Å². The van der Waals surface area contributed by atoms with Crippen molar-refractivity contribution in [2.75, 3.05) is 19.7 Å². The molecule has 2 aromatic rings. The third kappa shape index (κ3) is 3.01. The molecule has 0 aliphatic carbocycles. The number of esters is 1. The first-order chi connectivity index (χ1) is 11.1. The topological polar surface area (TPSA) is 88.5 Å². The summed E-state index contributed by atoms with van der Waals surface area (Å²) in [4.78, 5) is 27.1. The van der Waals surface area contributed by atoms with Gasteiger partial charge in [0, 0.05) is 12.0 Å². The zero-order valence-electron chi connectivity index (χ0n) is 13.5. The molecule has 2 N–H and O–H groups in total. The van der Waals surface area contributed by atoms with E-state index >= 15 is 0 Å². The summed E-state index contributed by atoms with van der Waals surface area (Å²) in [5.74, 6) is -0.169. The molecule has 1 aliphatic rings. The van der Waals surface area contributed by atoms with Crippen LogP contribution in [0.2, 0.25) is 0 Å². The smallest absolute Gasteiger partial charge is 0.343 e. The van der Waals surface area contributed by atoms with Gasteiger partial charge < -0.3 is 15.0 Å². The predicted octanol–water partition coefficient (Wildman–Crippen LogP) is 1.36. The van der Waals surface area contributed by atoms with E-state index in [4.69, 9.17) is 4.74 Å². The minimum atomic E-state index is -0.433. The van der Waals surface area contributed by atoms with E-state index in [1.807, 2.05) is 6.92 Å². The van der Waals surface area contributed by atoms with Gasteiger partial charge in [-0.15, -0.1) is 0 Å². The van der Waals surface area contributed by atoms with Crippen LogP contribution >= 0.6 is 0 Å². The molecule has 0 radical (unpaired) electrons. The van der Waals surface area contributed by atoms with E-state index in [9.17, 15) is 9.59 Å². The summed E-state index contributed by atoms with van der Waals surface area (Å²) in [7, 11) is 0. The van der Waals surface area contributed by atoms with E-state index in [0.717, 1.165) is 38.0 Å². The highest BCUT2D eigenvalue weighted by atomic mass is 16.5. The van der Waals surface area contributed by atoms with E-state index in [-0.39, 0.29) is 11.5 Å². The Hall–Kier alpha value is -2.15. The number of aromatic amines is 1. The molecule has 7 nitrogen and oxygen atoms in total. The van der Waals surface area contributed by atoms with Gasteiger partial charge in [-0.25, -0.2) is 9.31 Å². The minimum Gasteiger partial charge on any atom is -0.462 e. The number of ether oxygens (including phenoxy) is 1. The van der Waals surface area contributed by atoms with Gasteiger partial charge >= 0.3 is 5.97 Å². The molecule has 2 aromatic heterocycles. The van der Waals surface area contributed by atoms with E-state index in [1.165, 1.54) is 0 Å². The zero-order valence-corrected chi connectivity index (χ0v) is 13.5. The van der Waals surface area contributed by atoms with Crippen LogP contribution in [0.4, 0.5) is 0 Å². The molecule has 0 amide bonds. The van der Waals surface area contributed by atoms with Crippen LogP contribution in [-0.2, 0) is 4.74 Å². The molecule has 0 spiro atoms. The number of nitrogens with zero attached hydrogens (tertiary/aromatic N) is 2. The Morgan fingerprint density at radius 1 is 1.43 bits per heavy atom. The standard InChI is InChI=1S/C16H22N4O3/c1-3-8-23-16(22)14-10(2)19-20-12(9-13(21)18-15(14)20)11-4-6-17-7-5-11/h9,11,17H,3-8H2,1-2H3,(H,18,21). The molecule has 0 saturated carbocycles. The first-order valence-corrected chi connectivity index (χ1v) is 8.12. The fourth-order valence-corrected chi connectivity index (χ4v) is 3.10. The monoisotopic (exact) mass is 318 g/mol. The lowest BCUT2D eigenvalue weighted by atomic mass is 9.94. The van der Waals surface area contributed by atoms with Gasteiger partial charge in [0.15, 0.2) is 5.65 Å². The second-order valence-corrected chi connectivity index (χ2v) is 5.94. The molecule has 3 rings (SSSR count). The van der Waals surface area contributed by atoms with Crippen molar-refractivity contribution in [3.63, 3.8) is 0 Å². The molecule has 3 heterocycles. The number of nitrogens with one attached hydrogen (secondary N) is 2. The highest BCUT2D eigenvalue weighted by Crippen LogP contribution is 2.26. The third-order valence-corrected chi connectivity index (χ3v) is 4.22. The van der Waals surface area contributed by atoms with E-state index in [0.29, 0.717) is 23.5 Å². The third-order valence-electron chi connectivity index (χ3n) is 4.22. The molecular weight excluding hydrogens is 296 g/mol. The fraction of sp³-hybridized carbons (Fsp3) is 0.562. The van der Waals surface area contributed by atoms with Crippen LogP contribution in [0.5, 0.6) is 0 Å². The van der Waals surface area contributed by atoms with Crippen molar-refractivity contribution < 1.29 is 9.53 Å². The van der Waals surface area contributed by atoms with Crippen molar-refractivity contribution >= 4 is 11.6 Å². The number of carbonyl (C=O) groups is 1. The lowest BCUT2D eigenvalue weighted by Crippen LogP contribution is -2.28. The van der Waals surface area contributed by atoms with Gasteiger partial charge in [0.1, 0.15) is 5.56 Å². The first-order valence-electron chi connectivity index (χ1n) is 8.12. The van der Waals surface area contributed by atoms with Gasteiger partial charge in [-0.3, -0.25) is 4.79 Å². The number of aryl methyl sites for hydroxylation is 1. The minimum absolute atomic E-state index is 0.213. The van der Waals surface area contributed by atoms with Gasteiger partial charge in [-0.05, 0) is 39.3 Å². The molecular formula is C16H22N4O3. The van der Waals surface area contributed by atoms with Crippen LogP contribution in [0, 0.1) is 6.92 Å². The first kappa shape index (κ1) is 15.7. The Morgan fingerprint density at radius 3 is 2.87 bits per heavy atom. The molecule has 0 aromatic carbocycles. The van der Waals surface area contributed by atoms with E-state index < -0.39 is 5.97 Å². The number of piperidine rings is 1. The van der Waals surface area contributed by atoms with Crippen molar-refractivity contribution in [2.45, 2.75) is 39.0 Å². The Morgan fingerprint density at radius 2 is 2.17 bits per heavy atom. The number of fused-ring (bicyclic) bond motifs is 1. The van der Waals surface area contributed by atoms with Crippen molar-refractivity contribution in [1.29, 1.82) is 0 Å². The summed E-state index contributed by atoms with van der Waals surface area (Å²) in [6.45, 7) is 5.90. The summed E-state index contributed by atoms with van der Waals surface area (Å²) in [5, 5.41) is 7.80.